The van der Waals surface area contributed by atoms with Crippen molar-refractivity contribution in [1.29, 1.82) is 0 Å². The molecule has 0 fully saturated rings. The molecule has 0 aromatic heterocycles. The van der Waals surface area contributed by atoms with Gasteiger partial charge in [-0.1, -0.05) is 48.5 Å². The average Bonchev–Trinajstić information content (AvgIpc) is 3.12. The Kier molecular flexibility index (Phi) is 7.94. The van der Waals surface area contributed by atoms with E-state index >= 15 is 0 Å². The first-order valence-corrected chi connectivity index (χ1v) is 12.4. The zero-order valence-electron chi connectivity index (χ0n) is 21.9. The number of amides is 3. The highest BCUT2D eigenvalue weighted by Crippen LogP contribution is 2.30. The fraction of sp³-hybridized carbons (Fsp3) is 0.276. The van der Waals surface area contributed by atoms with Crippen LogP contribution in [0.2, 0.25) is 0 Å². The molecule has 0 spiro atoms. The number of hydrogen-bond donors (Lipinski definition) is 1. The lowest BCUT2D eigenvalue weighted by molar-refractivity contribution is -0.386. The molecule has 0 bridgehead atoms. The van der Waals surface area contributed by atoms with E-state index in [-0.39, 0.29) is 31.0 Å². The van der Waals surface area contributed by atoms with Crippen molar-refractivity contribution >= 4 is 23.6 Å². The topological polar surface area (TPSA) is 128 Å². The first-order chi connectivity index (χ1) is 18.5. The van der Waals surface area contributed by atoms with Gasteiger partial charge < -0.3 is 14.8 Å². The van der Waals surface area contributed by atoms with E-state index in [0.29, 0.717) is 16.7 Å². The fourth-order valence-corrected chi connectivity index (χ4v) is 4.23. The molecule has 10 heteroatoms. The fourth-order valence-electron chi connectivity index (χ4n) is 4.23. The number of nitrogens with one attached hydrogen (secondary N) is 1. The van der Waals surface area contributed by atoms with Crippen molar-refractivity contribution in [3.8, 4) is 5.75 Å². The van der Waals surface area contributed by atoms with Crippen LogP contribution in [0.15, 0.2) is 72.8 Å². The molecule has 0 saturated carbocycles. The molecule has 1 aliphatic rings. The summed E-state index contributed by atoms with van der Waals surface area (Å²) in [6, 6.07) is 19.4. The number of fused-ring (bicyclic) bond motifs is 1. The molecule has 0 radical (unpaired) electrons. The number of hydrogen-bond acceptors (Lipinski definition) is 7. The Hall–Kier alpha value is -4.73. The molecule has 1 heterocycles. The van der Waals surface area contributed by atoms with E-state index in [0.717, 1.165) is 10.5 Å². The van der Waals surface area contributed by atoms with E-state index in [1.807, 2.05) is 30.3 Å². The summed E-state index contributed by atoms with van der Waals surface area (Å²) in [6.45, 7) is 5.16. The number of carbonyl (C=O) groups is 3. The van der Waals surface area contributed by atoms with Crippen LogP contribution in [-0.4, -0.2) is 45.9 Å². The van der Waals surface area contributed by atoms with Crippen LogP contribution in [0, 0.1) is 10.1 Å². The number of nitro benzene ring substituents is 1. The number of benzene rings is 3. The number of carbonyl (C=O) groups excluding carboxylic acids is 3. The maximum absolute atomic E-state index is 13.0. The molecule has 3 aromatic carbocycles. The molecular formula is C29H29N3O7. The summed E-state index contributed by atoms with van der Waals surface area (Å²) in [5, 5.41) is 14.4. The van der Waals surface area contributed by atoms with Gasteiger partial charge in [0.1, 0.15) is 12.2 Å². The van der Waals surface area contributed by atoms with Gasteiger partial charge in [0.05, 0.1) is 28.6 Å². The van der Waals surface area contributed by atoms with Gasteiger partial charge in [-0.05, 0) is 56.5 Å². The molecule has 39 heavy (non-hydrogen) atoms. The van der Waals surface area contributed by atoms with Gasteiger partial charge in [0, 0.05) is 6.07 Å². The van der Waals surface area contributed by atoms with Gasteiger partial charge in [0.2, 0.25) is 0 Å². The molecule has 0 saturated heterocycles. The van der Waals surface area contributed by atoms with Crippen LogP contribution in [0.3, 0.4) is 0 Å². The summed E-state index contributed by atoms with van der Waals surface area (Å²) in [4.78, 5) is 50.8. The highest BCUT2D eigenvalue weighted by molar-refractivity contribution is 6.21. The second-order valence-electron chi connectivity index (χ2n) is 10.1. The lowest BCUT2D eigenvalue weighted by atomic mass is 10.0. The van der Waals surface area contributed by atoms with Crippen LogP contribution >= 0.6 is 0 Å². The molecular weight excluding hydrogens is 502 g/mol. The van der Waals surface area contributed by atoms with Gasteiger partial charge in [-0.15, -0.1) is 0 Å². The van der Waals surface area contributed by atoms with E-state index < -0.39 is 34.5 Å². The number of nitro groups is 1. The molecule has 202 valence electrons. The van der Waals surface area contributed by atoms with Crippen LogP contribution < -0.4 is 10.1 Å². The number of nitrogens with zero attached hydrogens (tertiary/aromatic N) is 2. The standard InChI is InChI=1S/C29H29N3O7/c1-29(2,3)39-28(35)30-21(17-31-26(33)22-11-7-8-12-23(22)27(31)34)15-20-13-14-24(32(36)37)25(16-20)38-18-19-9-5-4-6-10-19/h4-14,16,21H,15,17-18H2,1-3H3,(H,30,35)/t21-/m0/s1. The van der Waals surface area contributed by atoms with E-state index in [9.17, 15) is 24.5 Å². The minimum Gasteiger partial charge on any atom is -0.482 e. The van der Waals surface area contributed by atoms with Crippen molar-refractivity contribution < 1.29 is 28.8 Å². The number of ether oxygens (including phenoxy) is 2. The smallest absolute Gasteiger partial charge is 0.407 e. The van der Waals surface area contributed by atoms with Crippen molar-refractivity contribution in [1.82, 2.24) is 10.2 Å². The Balaban J connectivity index is 1.58. The first kappa shape index (κ1) is 27.3. The first-order valence-electron chi connectivity index (χ1n) is 12.4. The third kappa shape index (κ3) is 6.78. The van der Waals surface area contributed by atoms with Gasteiger partial charge >= 0.3 is 11.8 Å². The quantitative estimate of drug-likeness (QED) is 0.236. The number of rotatable bonds is 9. The Labute approximate surface area is 225 Å². The van der Waals surface area contributed by atoms with Gasteiger partial charge in [-0.25, -0.2) is 4.79 Å². The van der Waals surface area contributed by atoms with E-state index in [1.54, 1.807) is 51.1 Å². The SMILES string of the molecule is CC(C)(C)OC(=O)N[C@@H](Cc1ccc([N+](=O)[O-])c(OCc2ccccc2)c1)CN1C(=O)c2ccccc2C1=O. The van der Waals surface area contributed by atoms with Crippen molar-refractivity contribution in [2.45, 2.75) is 45.4 Å². The predicted octanol–water partition coefficient (Wildman–Crippen LogP) is 4.91. The van der Waals surface area contributed by atoms with Crippen LogP contribution in [0.4, 0.5) is 10.5 Å². The van der Waals surface area contributed by atoms with Crippen molar-refractivity contribution in [2.24, 2.45) is 0 Å². The largest absolute Gasteiger partial charge is 0.482 e. The van der Waals surface area contributed by atoms with Crippen LogP contribution in [-0.2, 0) is 17.8 Å². The molecule has 1 atom stereocenters. The lowest BCUT2D eigenvalue weighted by Crippen LogP contribution is -2.48. The summed E-state index contributed by atoms with van der Waals surface area (Å²) in [7, 11) is 0. The lowest BCUT2D eigenvalue weighted by Gasteiger charge is -2.26. The molecule has 1 N–H and O–H groups in total. The third-order valence-corrected chi connectivity index (χ3v) is 5.94. The Bertz CT molecular complexity index is 1360. The highest BCUT2D eigenvalue weighted by Gasteiger charge is 2.37. The summed E-state index contributed by atoms with van der Waals surface area (Å²) >= 11 is 0. The van der Waals surface area contributed by atoms with Crippen LogP contribution in [0.1, 0.15) is 52.6 Å². The second kappa shape index (κ2) is 11.3. The summed E-state index contributed by atoms with van der Waals surface area (Å²) < 4.78 is 11.2. The molecule has 4 rings (SSSR count). The zero-order chi connectivity index (χ0) is 28.2. The maximum Gasteiger partial charge on any atom is 0.407 e. The molecule has 0 aliphatic carbocycles. The van der Waals surface area contributed by atoms with Gasteiger partial charge in [0.25, 0.3) is 11.8 Å². The van der Waals surface area contributed by atoms with Crippen molar-refractivity contribution in [2.75, 3.05) is 6.54 Å². The molecule has 0 unspecified atom stereocenters. The van der Waals surface area contributed by atoms with Gasteiger partial charge in [0.15, 0.2) is 5.75 Å². The van der Waals surface area contributed by atoms with E-state index in [4.69, 9.17) is 9.47 Å². The number of imide groups is 1. The molecule has 3 amide bonds. The zero-order valence-corrected chi connectivity index (χ0v) is 21.9. The minimum atomic E-state index is -0.768. The van der Waals surface area contributed by atoms with Crippen molar-refractivity contribution in [3.05, 3.63) is 105 Å². The highest BCUT2D eigenvalue weighted by atomic mass is 16.6. The molecule has 10 nitrogen and oxygen atoms in total. The maximum atomic E-state index is 13.0. The molecule has 3 aromatic rings. The summed E-state index contributed by atoms with van der Waals surface area (Å²) in [6.07, 6.45) is -0.571. The summed E-state index contributed by atoms with van der Waals surface area (Å²) in [5.41, 5.74) is 1.06. The minimum absolute atomic E-state index is 0.0677. The Morgan fingerprint density at radius 2 is 1.56 bits per heavy atom. The monoisotopic (exact) mass is 531 g/mol. The summed E-state index contributed by atoms with van der Waals surface area (Å²) in [5.74, 6) is -0.845. The Morgan fingerprint density at radius 3 is 2.15 bits per heavy atom. The molecule has 1 aliphatic heterocycles. The normalized spacial score (nSPS) is 13.6. The second-order valence-corrected chi connectivity index (χ2v) is 10.1. The predicted molar refractivity (Wildman–Crippen MR) is 143 cm³/mol. The number of alkyl carbamates (subject to hydrolysis) is 1. The van der Waals surface area contributed by atoms with E-state index in [2.05, 4.69) is 5.32 Å². The Morgan fingerprint density at radius 1 is 0.949 bits per heavy atom. The van der Waals surface area contributed by atoms with Gasteiger partial charge in [-0.2, -0.15) is 0 Å². The van der Waals surface area contributed by atoms with Crippen molar-refractivity contribution in [3.63, 3.8) is 0 Å². The van der Waals surface area contributed by atoms with Crippen LogP contribution in [0.5, 0.6) is 5.75 Å². The van der Waals surface area contributed by atoms with Crippen LogP contribution in [0.25, 0.3) is 0 Å². The average molecular weight is 532 g/mol. The van der Waals surface area contributed by atoms with Gasteiger partial charge in [-0.3, -0.25) is 24.6 Å². The third-order valence-electron chi connectivity index (χ3n) is 5.94. The van der Waals surface area contributed by atoms with E-state index in [1.165, 1.54) is 12.1 Å².